The Hall–Kier alpha value is -4.70. The van der Waals surface area contributed by atoms with Crippen LogP contribution in [0.2, 0.25) is 0 Å². The number of rotatable bonds is 6. The molecular weight excluding hydrogens is 508 g/mol. The van der Waals surface area contributed by atoms with Gasteiger partial charge in [-0.3, -0.25) is 0 Å². The molecule has 0 atom stereocenters. The molecule has 0 saturated heterocycles. The van der Waals surface area contributed by atoms with E-state index in [-0.39, 0.29) is 0 Å². The Balaban J connectivity index is 1.83. The number of benzene rings is 4. The average Bonchev–Trinajstić information content (AvgIpc) is 3.23. The molecule has 0 N–H and O–H groups in total. The van der Waals surface area contributed by atoms with E-state index in [0.29, 0.717) is 22.6 Å². The summed E-state index contributed by atoms with van der Waals surface area (Å²) in [6.07, 6.45) is 0. The fraction of sp³-hybridized carbons (Fsp3) is 0.189. The van der Waals surface area contributed by atoms with Gasteiger partial charge in [-0.05, 0) is 97.2 Å². The summed E-state index contributed by atoms with van der Waals surface area (Å²) in [4.78, 5) is 24.9. The van der Waals surface area contributed by atoms with Gasteiger partial charge in [0.05, 0.1) is 5.41 Å². The van der Waals surface area contributed by atoms with E-state index in [1.54, 1.807) is 13.8 Å². The van der Waals surface area contributed by atoms with Crippen molar-refractivity contribution in [3.8, 4) is 22.6 Å². The highest BCUT2D eigenvalue weighted by Crippen LogP contribution is 2.57. The number of hydrogen-bond acceptors (Lipinski definition) is 4. The van der Waals surface area contributed by atoms with Crippen LogP contribution in [0.1, 0.15) is 58.4 Å². The summed E-state index contributed by atoms with van der Waals surface area (Å²) >= 11 is 0. The van der Waals surface area contributed by atoms with E-state index in [9.17, 15) is 9.59 Å². The maximum absolute atomic E-state index is 12.4. The predicted octanol–water partition coefficient (Wildman–Crippen LogP) is 8.25. The van der Waals surface area contributed by atoms with Crippen molar-refractivity contribution in [2.24, 2.45) is 0 Å². The third-order valence-electron chi connectivity index (χ3n) is 7.83. The van der Waals surface area contributed by atoms with Gasteiger partial charge in [-0.25, -0.2) is 9.59 Å². The number of hydrogen-bond donors (Lipinski definition) is 0. The molecule has 206 valence electrons. The van der Waals surface area contributed by atoms with Gasteiger partial charge in [0, 0.05) is 11.1 Å². The average molecular weight is 543 g/mol. The van der Waals surface area contributed by atoms with E-state index < -0.39 is 17.4 Å². The first-order valence-electron chi connectivity index (χ1n) is 13.6. The van der Waals surface area contributed by atoms with Crippen molar-refractivity contribution in [2.45, 2.75) is 47.0 Å². The van der Waals surface area contributed by atoms with Crippen LogP contribution < -0.4 is 9.47 Å². The highest BCUT2D eigenvalue weighted by molar-refractivity contribution is 5.90. The van der Waals surface area contributed by atoms with Gasteiger partial charge >= 0.3 is 11.9 Å². The van der Waals surface area contributed by atoms with Crippen LogP contribution in [-0.4, -0.2) is 11.9 Å². The zero-order valence-electron chi connectivity index (χ0n) is 24.5. The minimum atomic E-state index is -0.661. The number of carbonyl (C=O) groups excluding carboxylic acids is 2. The van der Waals surface area contributed by atoms with Gasteiger partial charge in [0.2, 0.25) is 0 Å². The maximum atomic E-state index is 12.4. The summed E-state index contributed by atoms with van der Waals surface area (Å²) < 4.78 is 11.5. The van der Waals surface area contributed by atoms with Crippen molar-refractivity contribution in [3.63, 3.8) is 0 Å². The lowest BCUT2D eigenvalue weighted by Gasteiger charge is -2.35. The first kappa shape index (κ1) is 27.9. The van der Waals surface area contributed by atoms with Gasteiger partial charge in [-0.15, -0.1) is 0 Å². The SMILES string of the molecule is C=C(C)C(=O)Oc1c(C)cc(C2(c3cc(C)c(OC(=O)C(=C)C)c(C)c3)c3ccccc3-c3ccccc32)cc1C. The normalized spacial score (nSPS) is 12.7. The quantitative estimate of drug-likeness (QED) is 0.123. The van der Waals surface area contributed by atoms with E-state index in [4.69, 9.17) is 9.47 Å². The molecule has 1 aliphatic rings. The van der Waals surface area contributed by atoms with Crippen molar-refractivity contribution in [1.82, 2.24) is 0 Å². The summed E-state index contributed by atoms with van der Waals surface area (Å²) in [5.41, 5.74) is 10.3. The van der Waals surface area contributed by atoms with Gasteiger partial charge in [-0.1, -0.05) is 86.0 Å². The summed E-state index contributed by atoms with van der Waals surface area (Å²) in [7, 11) is 0. The van der Waals surface area contributed by atoms with Crippen molar-refractivity contribution < 1.29 is 19.1 Å². The van der Waals surface area contributed by atoms with Crippen LogP contribution in [0.4, 0.5) is 0 Å². The summed E-state index contributed by atoms with van der Waals surface area (Å²) in [6, 6.07) is 25.5. The standard InChI is InChI=1S/C37H34O4/c1-21(2)35(38)40-33-23(5)17-27(18-24(33)6)37(28-19-25(7)34(26(8)20-28)41-36(39)22(3)4)31-15-11-9-13-29(31)30-14-10-12-16-32(30)37/h9-20H,1,3H2,2,4-8H3. The fourth-order valence-electron chi connectivity index (χ4n) is 6.04. The molecule has 4 aromatic rings. The number of ether oxygens (including phenoxy) is 2. The third kappa shape index (κ3) is 4.50. The molecule has 0 bridgehead atoms. The molecular formula is C37H34O4. The lowest BCUT2D eigenvalue weighted by Crippen LogP contribution is -2.29. The highest BCUT2D eigenvalue weighted by Gasteiger charge is 2.46. The van der Waals surface area contributed by atoms with Gasteiger partial charge in [-0.2, -0.15) is 0 Å². The lowest BCUT2D eigenvalue weighted by atomic mass is 9.66. The molecule has 0 saturated carbocycles. The molecule has 5 rings (SSSR count). The second-order valence-electron chi connectivity index (χ2n) is 11.1. The second kappa shape index (κ2) is 10.4. The molecule has 0 heterocycles. The topological polar surface area (TPSA) is 52.6 Å². The van der Waals surface area contributed by atoms with Gasteiger partial charge in [0.25, 0.3) is 0 Å². The van der Waals surface area contributed by atoms with Crippen LogP contribution in [0.3, 0.4) is 0 Å². The summed E-state index contributed by atoms with van der Waals surface area (Å²) in [5, 5.41) is 0. The first-order chi connectivity index (χ1) is 19.5. The summed E-state index contributed by atoms with van der Waals surface area (Å²) in [6.45, 7) is 18.6. The summed E-state index contributed by atoms with van der Waals surface area (Å²) in [5.74, 6) is 0.208. The van der Waals surface area contributed by atoms with Crippen LogP contribution in [0.25, 0.3) is 11.1 Å². The first-order valence-corrected chi connectivity index (χ1v) is 13.6. The van der Waals surface area contributed by atoms with Crippen LogP contribution >= 0.6 is 0 Å². The molecule has 0 radical (unpaired) electrons. The monoisotopic (exact) mass is 542 g/mol. The Morgan fingerprint density at radius 3 is 1.22 bits per heavy atom. The van der Waals surface area contributed by atoms with Crippen molar-refractivity contribution in [2.75, 3.05) is 0 Å². The molecule has 4 heteroatoms. The number of fused-ring (bicyclic) bond motifs is 3. The molecule has 4 nitrogen and oxygen atoms in total. The van der Waals surface area contributed by atoms with E-state index in [1.807, 2.05) is 27.7 Å². The van der Waals surface area contributed by atoms with Crippen LogP contribution in [0, 0.1) is 27.7 Å². The molecule has 0 amide bonds. The van der Waals surface area contributed by atoms with E-state index in [2.05, 4.69) is 86.0 Å². The van der Waals surface area contributed by atoms with Crippen molar-refractivity contribution in [1.29, 1.82) is 0 Å². The van der Waals surface area contributed by atoms with Crippen LogP contribution in [0.5, 0.6) is 11.5 Å². The predicted molar refractivity (Wildman–Crippen MR) is 164 cm³/mol. The van der Waals surface area contributed by atoms with Gasteiger partial charge < -0.3 is 9.47 Å². The highest BCUT2D eigenvalue weighted by atomic mass is 16.5. The molecule has 4 aromatic carbocycles. The van der Waals surface area contributed by atoms with Crippen LogP contribution in [-0.2, 0) is 15.0 Å². The Bertz CT molecular complexity index is 1590. The lowest BCUT2D eigenvalue weighted by molar-refractivity contribution is -0.131. The molecule has 0 fully saturated rings. The molecule has 1 aliphatic carbocycles. The molecule has 0 aromatic heterocycles. The van der Waals surface area contributed by atoms with Crippen molar-refractivity contribution >= 4 is 11.9 Å². The molecule has 0 unspecified atom stereocenters. The van der Waals surface area contributed by atoms with E-state index in [0.717, 1.165) is 44.5 Å². The fourth-order valence-corrected chi connectivity index (χ4v) is 6.04. The van der Waals surface area contributed by atoms with Gasteiger partial charge in [0.1, 0.15) is 11.5 Å². The zero-order valence-corrected chi connectivity index (χ0v) is 24.5. The van der Waals surface area contributed by atoms with Crippen LogP contribution in [0.15, 0.2) is 97.1 Å². The molecule has 0 aliphatic heterocycles. The number of carbonyl (C=O) groups is 2. The van der Waals surface area contributed by atoms with E-state index >= 15 is 0 Å². The molecule has 0 spiro atoms. The minimum Gasteiger partial charge on any atom is -0.423 e. The largest absolute Gasteiger partial charge is 0.423 e. The Morgan fingerprint density at radius 2 is 0.902 bits per heavy atom. The Morgan fingerprint density at radius 1 is 0.585 bits per heavy atom. The smallest absolute Gasteiger partial charge is 0.338 e. The number of esters is 2. The van der Waals surface area contributed by atoms with Crippen molar-refractivity contribution in [3.05, 3.63) is 142 Å². The second-order valence-corrected chi connectivity index (χ2v) is 11.1. The zero-order chi connectivity index (χ0) is 29.6. The number of aryl methyl sites for hydroxylation is 4. The maximum Gasteiger partial charge on any atom is 0.338 e. The van der Waals surface area contributed by atoms with E-state index in [1.165, 1.54) is 11.1 Å². The van der Waals surface area contributed by atoms with Gasteiger partial charge in [0.15, 0.2) is 0 Å². The Labute approximate surface area is 242 Å². The minimum absolute atomic E-state index is 0.349. The third-order valence-corrected chi connectivity index (χ3v) is 7.83. The Kier molecular flexibility index (Phi) is 7.04. The molecule has 41 heavy (non-hydrogen) atoms.